The molecule has 2 unspecified atom stereocenters. The van der Waals surface area contributed by atoms with Crippen molar-refractivity contribution in [3.05, 3.63) is 23.3 Å². The van der Waals surface area contributed by atoms with Gasteiger partial charge in [0.05, 0.1) is 22.7 Å². The van der Waals surface area contributed by atoms with E-state index in [0.29, 0.717) is 5.69 Å². The minimum Gasteiger partial charge on any atom is -0.379 e. The van der Waals surface area contributed by atoms with Crippen molar-refractivity contribution in [2.75, 3.05) is 5.32 Å². The van der Waals surface area contributed by atoms with Gasteiger partial charge in [-0.2, -0.15) is 5.26 Å². The van der Waals surface area contributed by atoms with Gasteiger partial charge in [-0.25, -0.2) is 8.42 Å². The minimum atomic E-state index is -3.54. The fourth-order valence-electron chi connectivity index (χ4n) is 2.05. The van der Waals surface area contributed by atoms with Gasteiger partial charge < -0.3 is 5.32 Å². The number of nitriles is 1. The molecular formula is C12H14N2O2S. The summed E-state index contributed by atoms with van der Waals surface area (Å²) in [7, 11) is -3.54. The van der Waals surface area contributed by atoms with Crippen LogP contribution in [0.1, 0.15) is 18.1 Å². The lowest BCUT2D eigenvalue weighted by Crippen LogP contribution is -2.41. The number of aryl methyl sites for hydroxylation is 2. The Morgan fingerprint density at radius 1 is 1.29 bits per heavy atom. The highest BCUT2D eigenvalue weighted by atomic mass is 32.2. The first-order valence-electron chi connectivity index (χ1n) is 5.39. The van der Waals surface area contributed by atoms with Crippen molar-refractivity contribution in [3.8, 4) is 6.07 Å². The predicted molar refractivity (Wildman–Crippen MR) is 65.6 cm³/mol. The Labute approximate surface area is 101 Å². The SMILES string of the molecule is Cc1cc2c(cc1C)S(=O)(=O)C(C#N)C(C)N2. The Kier molecular flexibility index (Phi) is 2.63. The zero-order chi connectivity index (χ0) is 12.8. The van der Waals surface area contributed by atoms with Gasteiger partial charge in [-0.1, -0.05) is 0 Å². The van der Waals surface area contributed by atoms with Crippen molar-refractivity contribution < 1.29 is 8.42 Å². The first-order valence-corrected chi connectivity index (χ1v) is 6.94. The quantitative estimate of drug-likeness (QED) is 0.762. The number of fused-ring (bicyclic) bond motifs is 1. The van der Waals surface area contributed by atoms with E-state index in [2.05, 4.69) is 5.32 Å². The number of nitrogens with one attached hydrogen (secondary N) is 1. The van der Waals surface area contributed by atoms with E-state index in [1.807, 2.05) is 26.0 Å². The second-order valence-electron chi connectivity index (χ2n) is 4.46. The van der Waals surface area contributed by atoms with E-state index in [1.54, 1.807) is 13.0 Å². The Morgan fingerprint density at radius 3 is 2.47 bits per heavy atom. The van der Waals surface area contributed by atoms with Gasteiger partial charge >= 0.3 is 0 Å². The van der Waals surface area contributed by atoms with Crippen LogP contribution in [0.2, 0.25) is 0 Å². The maximum Gasteiger partial charge on any atom is 0.198 e. The first kappa shape index (κ1) is 11.9. The maximum atomic E-state index is 12.2. The van der Waals surface area contributed by atoms with Crippen LogP contribution in [0.25, 0.3) is 0 Å². The van der Waals surface area contributed by atoms with Crippen LogP contribution in [0.3, 0.4) is 0 Å². The van der Waals surface area contributed by atoms with Gasteiger partial charge in [-0.3, -0.25) is 0 Å². The largest absolute Gasteiger partial charge is 0.379 e. The van der Waals surface area contributed by atoms with Crippen molar-refractivity contribution in [2.45, 2.75) is 37.0 Å². The molecule has 0 spiro atoms. The minimum absolute atomic E-state index is 0.241. The lowest BCUT2D eigenvalue weighted by Gasteiger charge is -2.28. The van der Waals surface area contributed by atoms with E-state index in [-0.39, 0.29) is 10.9 Å². The molecule has 1 heterocycles. The van der Waals surface area contributed by atoms with E-state index in [1.165, 1.54) is 0 Å². The highest BCUT2D eigenvalue weighted by Crippen LogP contribution is 2.34. The zero-order valence-corrected chi connectivity index (χ0v) is 10.8. The third kappa shape index (κ3) is 1.69. The van der Waals surface area contributed by atoms with Crippen LogP contribution < -0.4 is 5.32 Å². The normalized spacial score (nSPS) is 25.5. The summed E-state index contributed by atoms with van der Waals surface area (Å²) in [6, 6.07) is 4.95. The summed E-state index contributed by atoms with van der Waals surface area (Å²) in [5.41, 5.74) is 2.56. The summed E-state index contributed by atoms with van der Waals surface area (Å²) >= 11 is 0. The van der Waals surface area contributed by atoms with Crippen LogP contribution in [0.4, 0.5) is 5.69 Å². The van der Waals surface area contributed by atoms with Crippen LogP contribution in [0.15, 0.2) is 17.0 Å². The molecule has 1 N–H and O–H groups in total. The summed E-state index contributed by atoms with van der Waals surface area (Å²) < 4.78 is 24.5. The van der Waals surface area contributed by atoms with Crippen LogP contribution in [0, 0.1) is 25.2 Å². The first-order chi connectivity index (χ1) is 7.87. The maximum absolute atomic E-state index is 12.2. The number of hydrogen-bond donors (Lipinski definition) is 1. The molecule has 5 heteroatoms. The standard InChI is InChI=1S/C12H14N2O2S/c1-7-4-10-11(5-8(7)2)17(15,16)12(6-13)9(3)14-10/h4-5,9,12,14H,1-3H3. The van der Waals surface area contributed by atoms with Gasteiger partial charge in [0.25, 0.3) is 0 Å². The van der Waals surface area contributed by atoms with E-state index in [0.717, 1.165) is 11.1 Å². The van der Waals surface area contributed by atoms with E-state index >= 15 is 0 Å². The van der Waals surface area contributed by atoms with Crippen LogP contribution in [0.5, 0.6) is 0 Å². The highest BCUT2D eigenvalue weighted by molar-refractivity contribution is 7.92. The molecule has 1 aromatic carbocycles. The molecule has 2 atom stereocenters. The van der Waals surface area contributed by atoms with Gasteiger partial charge in [0.2, 0.25) is 0 Å². The van der Waals surface area contributed by atoms with Gasteiger partial charge in [-0.05, 0) is 44.0 Å². The monoisotopic (exact) mass is 250 g/mol. The molecule has 0 saturated carbocycles. The summed E-state index contributed by atoms with van der Waals surface area (Å²) in [5.74, 6) is 0. The zero-order valence-electron chi connectivity index (χ0n) is 9.98. The molecule has 4 nitrogen and oxygen atoms in total. The van der Waals surface area contributed by atoms with Crippen LogP contribution in [-0.4, -0.2) is 19.7 Å². The summed E-state index contributed by atoms with van der Waals surface area (Å²) in [5, 5.41) is 11.0. The molecule has 17 heavy (non-hydrogen) atoms. The topological polar surface area (TPSA) is 70.0 Å². The average molecular weight is 250 g/mol. The molecule has 0 aromatic heterocycles. The number of benzene rings is 1. The molecule has 0 fully saturated rings. The van der Waals surface area contributed by atoms with Crippen molar-refractivity contribution in [1.29, 1.82) is 5.26 Å². The van der Waals surface area contributed by atoms with Crippen LogP contribution >= 0.6 is 0 Å². The molecule has 1 aliphatic heterocycles. The molecule has 0 saturated heterocycles. The second kappa shape index (κ2) is 3.74. The van der Waals surface area contributed by atoms with Crippen molar-refractivity contribution in [2.24, 2.45) is 0 Å². The predicted octanol–water partition coefficient (Wildman–Crippen LogP) is 1.78. The van der Waals surface area contributed by atoms with Crippen LogP contribution in [-0.2, 0) is 9.84 Å². The smallest absolute Gasteiger partial charge is 0.198 e. The molecule has 0 aliphatic carbocycles. The average Bonchev–Trinajstić information content (AvgIpc) is 2.21. The van der Waals surface area contributed by atoms with Gasteiger partial charge in [0.15, 0.2) is 15.1 Å². The Morgan fingerprint density at radius 2 is 1.88 bits per heavy atom. The number of sulfone groups is 1. The highest BCUT2D eigenvalue weighted by Gasteiger charge is 2.38. The molecule has 90 valence electrons. The van der Waals surface area contributed by atoms with Crippen molar-refractivity contribution >= 4 is 15.5 Å². The Hall–Kier alpha value is -1.54. The third-order valence-electron chi connectivity index (χ3n) is 3.20. The lowest BCUT2D eigenvalue weighted by atomic mass is 10.1. The molecular weight excluding hydrogens is 236 g/mol. The summed E-state index contributed by atoms with van der Waals surface area (Å²) in [4.78, 5) is 0.241. The Bertz CT molecular complexity index is 614. The molecule has 1 aromatic rings. The molecule has 0 bridgehead atoms. The molecule has 1 aliphatic rings. The number of rotatable bonds is 0. The van der Waals surface area contributed by atoms with E-state index < -0.39 is 15.1 Å². The third-order valence-corrected chi connectivity index (χ3v) is 5.33. The number of hydrogen-bond acceptors (Lipinski definition) is 4. The van der Waals surface area contributed by atoms with Crippen molar-refractivity contribution in [3.63, 3.8) is 0 Å². The van der Waals surface area contributed by atoms with Crippen molar-refractivity contribution in [1.82, 2.24) is 0 Å². The van der Waals surface area contributed by atoms with Gasteiger partial charge in [-0.15, -0.1) is 0 Å². The van der Waals surface area contributed by atoms with Gasteiger partial charge in [0.1, 0.15) is 0 Å². The number of nitrogens with zero attached hydrogens (tertiary/aromatic N) is 1. The second-order valence-corrected chi connectivity index (χ2v) is 6.50. The summed E-state index contributed by atoms with van der Waals surface area (Å²) in [6.07, 6.45) is 0. The molecule has 2 rings (SSSR count). The summed E-state index contributed by atoms with van der Waals surface area (Å²) in [6.45, 7) is 5.51. The Balaban J connectivity index is 2.73. The lowest BCUT2D eigenvalue weighted by molar-refractivity contribution is 0.578. The fourth-order valence-corrected chi connectivity index (χ4v) is 3.83. The molecule has 0 radical (unpaired) electrons. The number of anilines is 1. The fraction of sp³-hybridized carbons (Fsp3) is 0.417. The van der Waals surface area contributed by atoms with E-state index in [9.17, 15) is 8.42 Å². The molecule has 0 amide bonds. The van der Waals surface area contributed by atoms with E-state index in [4.69, 9.17) is 5.26 Å². The van der Waals surface area contributed by atoms with Gasteiger partial charge in [0, 0.05) is 0 Å².